The summed E-state index contributed by atoms with van der Waals surface area (Å²) in [7, 11) is 1.60. The minimum absolute atomic E-state index is 0.00438. The Morgan fingerprint density at radius 3 is 2.20 bits per heavy atom. The van der Waals surface area contributed by atoms with Gasteiger partial charge < -0.3 is 9.47 Å². The molecule has 25 heavy (non-hydrogen) atoms. The van der Waals surface area contributed by atoms with E-state index >= 15 is 0 Å². The van der Waals surface area contributed by atoms with Crippen LogP contribution in [0.15, 0.2) is 30.0 Å². The number of ether oxygens (including phenoxy) is 2. The van der Waals surface area contributed by atoms with Crippen LogP contribution in [0.4, 0.5) is 0 Å². The molecule has 1 rings (SSSR count). The molecule has 136 valence electrons. The quantitative estimate of drug-likeness (QED) is 0.213. The third kappa shape index (κ3) is 8.95. The fourth-order valence-electron chi connectivity index (χ4n) is 2.47. The van der Waals surface area contributed by atoms with Crippen molar-refractivity contribution >= 4 is 12.0 Å². The van der Waals surface area contributed by atoms with E-state index in [0.717, 1.165) is 24.2 Å². The third-order valence-electron chi connectivity index (χ3n) is 3.98. The van der Waals surface area contributed by atoms with Crippen LogP contribution in [0, 0.1) is 6.57 Å². The van der Waals surface area contributed by atoms with E-state index in [-0.39, 0.29) is 5.70 Å². The maximum atomic E-state index is 12.0. The molecule has 0 amide bonds. The van der Waals surface area contributed by atoms with E-state index in [1.54, 1.807) is 37.5 Å². The van der Waals surface area contributed by atoms with Gasteiger partial charge in [0.1, 0.15) is 5.75 Å². The standard InChI is InChI=1S/C21H29NO3/c1-4-5-6-7-8-9-10-11-16-25-21(23)20(22-2)17-18-12-14-19(24-3)15-13-18/h12-15,17H,4-11,16H2,1,3H3/b20-17-. The Kier molecular flexibility index (Phi) is 10.8. The average molecular weight is 343 g/mol. The van der Waals surface area contributed by atoms with E-state index < -0.39 is 5.97 Å². The molecule has 0 aromatic heterocycles. The predicted molar refractivity (Wildman–Crippen MR) is 101 cm³/mol. The molecule has 0 heterocycles. The smallest absolute Gasteiger partial charge is 0.336 e. The summed E-state index contributed by atoms with van der Waals surface area (Å²) >= 11 is 0. The largest absolute Gasteiger partial charge is 0.497 e. The van der Waals surface area contributed by atoms with Crippen molar-refractivity contribution in [1.29, 1.82) is 0 Å². The first-order valence-corrected chi connectivity index (χ1v) is 9.11. The normalized spacial score (nSPS) is 11.0. The van der Waals surface area contributed by atoms with Crippen LogP contribution in [0.5, 0.6) is 5.75 Å². The van der Waals surface area contributed by atoms with Crippen molar-refractivity contribution in [1.82, 2.24) is 0 Å². The molecule has 0 radical (unpaired) electrons. The first kappa shape index (κ1) is 20.8. The van der Waals surface area contributed by atoms with Gasteiger partial charge >= 0.3 is 5.97 Å². The van der Waals surface area contributed by atoms with Crippen LogP contribution in [-0.4, -0.2) is 19.7 Å². The first-order chi connectivity index (χ1) is 12.2. The van der Waals surface area contributed by atoms with Crippen LogP contribution in [0.2, 0.25) is 0 Å². The predicted octanol–water partition coefficient (Wildman–Crippen LogP) is 5.64. The van der Waals surface area contributed by atoms with Crippen molar-refractivity contribution in [2.75, 3.05) is 13.7 Å². The number of hydrogen-bond donors (Lipinski definition) is 0. The van der Waals surface area contributed by atoms with Gasteiger partial charge in [0.2, 0.25) is 0 Å². The van der Waals surface area contributed by atoms with E-state index in [2.05, 4.69) is 11.8 Å². The minimum Gasteiger partial charge on any atom is -0.497 e. The summed E-state index contributed by atoms with van der Waals surface area (Å²) in [5.41, 5.74) is 0.778. The summed E-state index contributed by atoms with van der Waals surface area (Å²) in [5, 5.41) is 0. The molecule has 0 aliphatic heterocycles. The van der Waals surface area contributed by atoms with E-state index in [0.29, 0.717) is 6.61 Å². The lowest BCUT2D eigenvalue weighted by Gasteiger charge is -2.05. The Hall–Kier alpha value is -2.28. The second-order valence-corrected chi connectivity index (χ2v) is 6.03. The molecule has 0 bridgehead atoms. The maximum Gasteiger partial charge on any atom is 0.336 e. The van der Waals surface area contributed by atoms with Gasteiger partial charge in [-0.2, -0.15) is 0 Å². The molecular weight excluding hydrogens is 314 g/mol. The van der Waals surface area contributed by atoms with Crippen molar-refractivity contribution in [3.63, 3.8) is 0 Å². The molecule has 0 fully saturated rings. The molecule has 0 unspecified atom stereocenters. The molecule has 1 aromatic rings. The Bertz CT molecular complexity index is 570. The number of nitrogens with zero attached hydrogens (tertiary/aromatic N) is 1. The summed E-state index contributed by atoms with van der Waals surface area (Å²) in [4.78, 5) is 15.3. The number of hydrogen-bond acceptors (Lipinski definition) is 3. The van der Waals surface area contributed by atoms with Crippen LogP contribution >= 0.6 is 0 Å². The molecule has 0 N–H and O–H groups in total. The summed E-state index contributed by atoms with van der Waals surface area (Å²) < 4.78 is 10.3. The van der Waals surface area contributed by atoms with Crippen LogP contribution in [0.3, 0.4) is 0 Å². The van der Waals surface area contributed by atoms with Crippen molar-refractivity contribution in [2.24, 2.45) is 0 Å². The van der Waals surface area contributed by atoms with E-state index in [1.165, 1.54) is 38.5 Å². The Balaban J connectivity index is 2.29. The van der Waals surface area contributed by atoms with E-state index in [4.69, 9.17) is 16.0 Å². The fourth-order valence-corrected chi connectivity index (χ4v) is 2.47. The Labute approximate surface area is 151 Å². The lowest BCUT2D eigenvalue weighted by molar-refractivity contribution is -0.138. The highest BCUT2D eigenvalue weighted by Gasteiger charge is 2.11. The van der Waals surface area contributed by atoms with Crippen molar-refractivity contribution in [3.8, 4) is 5.75 Å². The Morgan fingerprint density at radius 2 is 1.64 bits per heavy atom. The van der Waals surface area contributed by atoms with Crippen LogP contribution in [0.25, 0.3) is 10.9 Å². The molecular formula is C21H29NO3. The lowest BCUT2D eigenvalue weighted by atomic mass is 10.1. The summed E-state index contributed by atoms with van der Waals surface area (Å²) in [6, 6.07) is 7.18. The van der Waals surface area contributed by atoms with Gasteiger partial charge in [-0.05, 0) is 30.2 Å². The van der Waals surface area contributed by atoms with Gasteiger partial charge in [-0.3, -0.25) is 4.79 Å². The van der Waals surface area contributed by atoms with Gasteiger partial charge in [0.25, 0.3) is 5.70 Å². The minimum atomic E-state index is -0.547. The third-order valence-corrected chi connectivity index (χ3v) is 3.98. The maximum absolute atomic E-state index is 12.0. The summed E-state index contributed by atoms with van der Waals surface area (Å²) in [6.45, 7) is 9.77. The molecule has 0 aliphatic carbocycles. The molecule has 0 saturated carbocycles. The monoisotopic (exact) mass is 343 g/mol. The molecule has 1 aromatic carbocycles. The van der Waals surface area contributed by atoms with Gasteiger partial charge in [0.15, 0.2) is 0 Å². The molecule has 0 aliphatic rings. The molecule has 0 saturated heterocycles. The van der Waals surface area contributed by atoms with Gasteiger partial charge in [-0.25, -0.2) is 4.85 Å². The average Bonchev–Trinajstić information content (AvgIpc) is 2.65. The van der Waals surface area contributed by atoms with Crippen LogP contribution in [-0.2, 0) is 9.53 Å². The highest BCUT2D eigenvalue weighted by Crippen LogP contribution is 2.15. The van der Waals surface area contributed by atoms with Gasteiger partial charge in [0, 0.05) is 0 Å². The van der Waals surface area contributed by atoms with Gasteiger partial charge in [0.05, 0.1) is 20.3 Å². The van der Waals surface area contributed by atoms with Crippen LogP contribution < -0.4 is 4.74 Å². The number of carbonyl (C=O) groups excluding carboxylic acids is 1. The fraction of sp³-hybridized carbons (Fsp3) is 0.524. The van der Waals surface area contributed by atoms with Crippen molar-refractivity contribution in [3.05, 3.63) is 46.9 Å². The zero-order valence-electron chi connectivity index (χ0n) is 15.4. The first-order valence-electron chi connectivity index (χ1n) is 9.11. The second kappa shape index (κ2) is 13.1. The number of carbonyl (C=O) groups is 1. The number of unbranched alkanes of at least 4 members (excludes halogenated alkanes) is 7. The number of benzene rings is 1. The molecule has 4 heteroatoms. The molecule has 0 spiro atoms. The van der Waals surface area contributed by atoms with E-state index in [1.807, 2.05) is 0 Å². The van der Waals surface area contributed by atoms with E-state index in [9.17, 15) is 4.79 Å². The zero-order chi connectivity index (χ0) is 18.3. The number of esters is 1. The Morgan fingerprint density at radius 1 is 1.04 bits per heavy atom. The lowest BCUT2D eigenvalue weighted by Crippen LogP contribution is -2.07. The van der Waals surface area contributed by atoms with Crippen LogP contribution in [0.1, 0.15) is 63.9 Å². The second-order valence-electron chi connectivity index (χ2n) is 6.03. The highest BCUT2D eigenvalue weighted by atomic mass is 16.5. The van der Waals surface area contributed by atoms with Crippen molar-refractivity contribution in [2.45, 2.75) is 58.3 Å². The summed E-state index contributed by atoms with van der Waals surface area (Å²) in [6.07, 6.45) is 11.1. The van der Waals surface area contributed by atoms with Gasteiger partial charge in [-0.15, -0.1) is 0 Å². The molecule has 0 atom stereocenters. The van der Waals surface area contributed by atoms with Crippen molar-refractivity contribution < 1.29 is 14.3 Å². The number of rotatable bonds is 12. The SMILES string of the molecule is [C-]#[N+]/C(=C\c1ccc(OC)cc1)C(=O)OCCCCCCCCCC. The topological polar surface area (TPSA) is 39.9 Å². The summed E-state index contributed by atoms with van der Waals surface area (Å²) in [5.74, 6) is 0.188. The zero-order valence-corrected chi connectivity index (χ0v) is 15.4. The highest BCUT2D eigenvalue weighted by molar-refractivity contribution is 5.95. The van der Waals surface area contributed by atoms with Gasteiger partial charge in [-0.1, -0.05) is 64.0 Å². The molecule has 4 nitrogen and oxygen atoms in total. The number of methoxy groups -OCH3 is 1.